The average Bonchev–Trinajstić information content (AvgIpc) is 3.87. The van der Waals surface area contributed by atoms with Crippen LogP contribution in [0.15, 0.2) is 224 Å². The topological polar surface area (TPSA) is 13.1 Å². The van der Waals surface area contributed by atoms with Crippen LogP contribution >= 0.6 is 0 Å². The summed E-state index contributed by atoms with van der Waals surface area (Å²) in [5.74, 6) is 0. The van der Waals surface area contributed by atoms with E-state index >= 15 is 0 Å². The number of hydrogen-bond acceptors (Lipinski definition) is 1. The Morgan fingerprint density at radius 2 is 0.825 bits per heavy atom. The number of anilines is 3. The largest absolute Gasteiger partial charge is 0.310 e. The van der Waals surface area contributed by atoms with Gasteiger partial charge in [-0.05, 0) is 125 Å². The predicted octanol–water partition coefficient (Wildman–Crippen LogP) is 14.7. The van der Waals surface area contributed by atoms with Crippen molar-refractivity contribution >= 4 is 60.7 Å². The summed E-state index contributed by atoms with van der Waals surface area (Å²) in [5, 5.41) is 2.21. The first kappa shape index (κ1) is 26.2. The van der Waals surface area contributed by atoms with Crippen LogP contribution in [-0.4, -0.2) is 9.13 Å². The van der Waals surface area contributed by atoms with Crippen LogP contribution in [0.4, 0.5) is 17.1 Å². The number of para-hydroxylation sites is 5. The molecule has 0 atom stereocenters. The van der Waals surface area contributed by atoms with Gasteiger partial charge < -0.3 is 14.0 Å². The van der Waals surface area contributed by atoms with Gasteiger partial charge in [0.25, 0.3) is 0 Å². The fraction of sp³-hybridized carbons (Fsp3) is 0. The van der Waals surface area contributed by atoms with Gasteiger partial charge in [0.05, 0.1) is 31.7 Å². The van der Waals surface area contributed by atoms with Gasteiger partial charge in [0, 0.05) is 50.0 Å². The smallest absolute Gasteiger partial charge is 0.0645 e. The van der Waals surface area contributed by atoms with Gasteiger partial charge in [-0.3, -0.25) is 0 Å². The fourth-order valence-corrected chi connectivity index (χ4v) is 8.13. The summed E-state index contributed by atoms with van der Waals surface area (Å²) in [6, 6.07) is 58.9. The number of aromatic nitrogens is 2. The van der Waals surface area contributed by atoms with Crippen molar-refractivity contribution in [1.29, 1.82) is 0 Å². The minimum atomic E-state index is -0.420. The van der Waals surface area contributed by atoms with Crippen LogP contribution in [-0.2, 0) is 0 Å². The lowest BCUT2D eigenvalue weighted by Gasteiger charge is -2.26. The van der Waals surface area contributed by atoms with Crippen molar-refractivity contribution in [2.24, 2.45) is 0 Å². The molecule has 0 saturated heterocycles. The minimum Gasteiger partial charge on any atom is -0.310 e. The molecule has 2 heterocycles. The molecule has 0 fully saturated rings. The maximum Gasteiger partial charge on any atom is 0.0645 e. The van der Waals surface area contributed by atoms with Crippen molar-refractivity contribution in [3.05, 3.63) is 224 Å². The Morgan fingerprint density at radius 3 is 1.44 bits per heavy atom. The molecule has 0 aliphatic heterocycles. The van der Waals surface area contributed by atoms with E-state index in [0.717, 1.165) is 55.7 Å². The Balaban J connectivity index is 1.15. The first-order valence-corrected chi connectivity index (χ1v) is 19.0. The van der Waals surface area contributed by atoms with E-state index in [1.807, 2.05) is 91.0 Å². The minimum absolute atomic E-state index is 0.0780. The first-order chi connectivity index (χ1) is 31.2. The van der Waals surface area contributed by atoms with E-state index in [9.17, 15) is 4.11 Å². The van der Waals surface area contributed by atoms with Gasteiger partial charge in [-0.15, -0.1) is 0 Å². The van der Waals surface area contributed by atoms with Crippen molar-refractivity contribution < 1.29 is 9.60 Å². The van der Waals surface area contributed by atoms with Crippen LogP contribution in [0.2, 0.25) is 0 Å². The summed E-state index contributed by atoms with van der Waals surface area (Å²) in [6.07, 6.45) is 0. The maximum atomic E-state index is 9.82. The Morgan fingerprint density at radius 1 is 0.333 bits per heavy atom. The molecule has 0 radical (unpaired) electrons. The van der Waals surface area contributed by atoms with E-state index in [4.69, 9.17) is 5.48 Å². The Kier molecular flexibility index (Phi) is 6.26. The van der Waals surface area contributed by atoms with E-state index in [-0.39, 0.29) is 57.6 Å². The molecular weight excluding hydrogens is 691 g/mol. The molecule has 0 spiro atoms. The van der Waals surface area contributed by atoms with Gasteiger partial charge in [0.1, 0.15) is 0 Å². The molecule has 0 aliphatic carbocycles. The van der Waals surface area contributed by atoms with Gasteiger partial charge >= 0.3 is 0 Å². The third-order valence-electron chi connectivity index (χ3n) is 10.7. The molecule has 11 aromatic rings. The van der Waals surface area contributed by atoms with Crippen LogP contribution in [0.5, 0.6) is 0 Å². The second kappa shape index (κ2) is 13.6. The maximum absolute atomic E-state index is 9.82. The number of fused-ring (bicyclic) bond motifs is 6. The summed E-state index contributed by atoms with van der Waals surface area (Å²) in [7, 11) is 0. The highest BCUT2D eigenvalue weighted by Gasteiger charge is 2.18. The molecule has 9 aromatic carbocycles. The lowest BCUT2D eigenvalue weighted by atomic mass is 9.99. The molecule has 3 nitrogen and oxygen atoms in total. The fourth-order valence-electron chi connectivity index (χ4n) is 8.13. The van der Waals surface area contributed by atoms with Crippen LogP contribution in [0.3, 0.4) is 0 Å². The number of hydrogen-bond donors (Lipinski definition) is 0. The number of benzene rings is 9. The zero-order valence-electron chi connectivity index (χ0n) is 37.7. The zero-order valence-corrected chi connectivity index (χ0v) is 30.7. The highest BCUT2D eigenvalue weighted by Crippen LogP contribution is 2.41. The normalized spacial score (nSPS) is 13.2. The van der Waals surface area contributed by atoms with E-state index in [1.54, 1.807) is 16.7 Å². The first-order valence-electron chi connectivity index (χ1n) is 22.5. The molecule has 0 saturated carbocycles. The molecule has 268 valence electrons. The van der Waals surface area contributed by atoms with Gasteiger partial charge in [0.2, 0.25) is 0 Å². The number of nitrogens with zero attached hydrogens (tertiary/aromatic N) is 3. The monoisotopic (exact) mass is 734 g/mol. The van der Waals surface area contributed by atoms with Crippen molar-refractivity contribution in [3.63, 3.8) is 0 Å². The lowest BCUT2D eigenvalue weighted by Crippen LogP contribution is -2.09. The molecule has 0 N–H and O–H groups in total. The predicted molar refractivity (Wildman–Crippen MR) is 241 cm³/mol. The van der Waals surface area contributed by atoms with Crippen molar-refractivity contribution in [1.82, 2.24) is 9.13 Å². The van der Waals surface area contributed by atoms with Crippen LogP contribution in [0.1, 0.15) is 9.60 Å². The Hall–Kier alpha value is -7.62. The third-order valence-corrected chi connectivity index (χ3v) is 10.7. The number of rotatable bonds is 7. The van der Waals surface area contributed by atoms with Crippen LogP contribution in [0, 0.1) is 0 Å². The van der Waals surface area contributed by atoms with Gasteiger partial charge in [0.15, 0.2) is 0 Å². The molecule has 0 bridgehead atoms. The van der Waals surface area contributed by atoms with E-state index in [2.05, 4.69) is 88.3 Å². The molecular formula is C54H37N3. The Labute approximate surface area is 341 Å². The highest BCUT2D eigenvalue weighted by atomic mass is 15.1. The molecule has 2 aromatic heterocycles. The highest BCUT2D eigenvalue weighted by molar-refractivity contribution is 6.13. The van der Waals surface area contributed by atoms with Crippen molar-refractivity contribution in [3.8, 4) is 33.6 Å². The SMILES string of the molecule is [2H]c1c([2H])c([2H])c2c(c1[2H])c1c([2H])c(-c3ccc4c(c3)c3cc(-c5cccc(N(c6ccccc6)c6ccccc6)c5)ccc3n4-c3ccccc3)c([2H])c([2H])c1n2-c1ccccc1. The standard InChI is InChI=1S/C54H37N3/c1-5-17-42(18-6-1)55(43-19-7-2-8-20-43)46-25-15-16-38(34-46)39-28-32-53-49(36-39)50-37-41(30-33-54(50)57(53)45-23-11-4-12-24-45)40-29-31-52-48(35-40)47-26-13-14-27-51(47)56(52)44-21-9-3-10-22-44/h1-37H/i13D,14D,26D,27D,29D,31D,35D. The molecule has 57 heavy (non-hydrogen) atoms. The van der Waals surface area contributed by atoms with Gasteiger partial charge in [-0.1, -0.05) is 121 Å². The molecule has 0 amide bonds. The van der Waals surface area contributed by atoms with Crippen LogP contribution in [0.25, 0.3) is 77.2 Å². The molecule has 0 aliphatic rings. The van der Waals surface area contributed by atoms with Gasteiger partial charge in [-0.25, -0.2) is 0 Å². The Bertz CT molecular complexity index is 3590. The summed E-state index contributed by atoms with van der Waals surface area (Å²) < 4.78 is 67.9. The zero-order chi connectivity index (χ0) is 43.8. The quantitative estimate of drug-likeness (QED) is 0.159. The second-order valence-corrected chi connectivity index (χ2v) is 14.1. The summed E-state index contributed by atoms with van der Waals surface area (Å²) in [4.78, 5) is 2.24. The van der Waals surface area contributed by atoms with E-state index < -0.39 is 12.1 Å². The lowest BCUT2D eigenvalue weighted by molar-refractivity contribution is 1.18. The average molecular weight is 735 g/mol. The summed E-state index contributed by atoms with van der Waals surface area (Å²) in [5.41, 5.74) is 9.70. The van der Waals surface area contributed by atoms with Crippen LogP contribution < -0.4 is 4.90 Å². The third kappa shape index (κ3) is 5.60. The molecule has 11 rings (SSSR count). The summed E-state index contributed by atoms with van der Waals surface area (Å²) in [6.45, 7) is 0. The second-order valence-electron chi connectivity index (χ2n) is 14.1. The molecule has 0 unspecified atom stereocenters. The van der Waals surface area contributed by atoms with E-state index in [1.165, 1.54) is 0 Å². The van der Waals surface area contributed by atoms with Crippen molar-refractivity contribution in [2.45, 2.75) is 0 Å². The van der Waals surface area contributed by atoms with Gasteiger partial charge in [-0.2, -0.15) is 0 Å². The van der Waals surface area contributed by atoms with E-state index in [0.29, 0.717) is 11.3 Å². The molecule has 3 heteroatoms. The van der Waals surface area contributed by atoms with Crippen molar-refractivity contribution in [2.75, 3.05) is 4.90 Å². The summed E-state index contributed by atoms with van der Waals surface area (Å²) >= 11 is 0.